The first-order valence-electron chi connectivity index (χ1n) is 11.0. The van der Waals surface area contributed by atoms with Crippen LogP contribution in [-0.4, -0.2) is 22.6 Å². The van der Waals surface area contributed by atoms with Gasteiger partial charge in [-0.05, 0) is 39.0 Å². The number of ketones is 2. The summed E-state index contributed by atoms with van der Waals surface area (Å²) in [6.07, 6.45) is 17.3. The molecule has 0 amide bonds. The average Bonchev–Trinajstić information content (AvgIpc) is 2.69. The molecule has 0 saturated carbocycles. The summed E-state index contributed by atoms with van der Waals surface area (Å²) in [6.45, 7) is 4.77. The number of Topliss-reactive ketones (excluding diaryl/α,β-unsaturated/α-hetero) is 2. The van der Waals surface area contributed by atoms with Crippen molar-refractivity contribution in [1.29, 1.82) is 0 Å². The molecule has 5 nitrogen and oxygen atoms in total. The van der Waals surface area contributed by atoms with E-state index in [9.17, 15) is 19.5 Å². The summed E-state index contributed by atoms with van der Waals surface area (Å²) in [7, 11) is 0. The van der Waals surface area contributed by atoms with E-state index in [0.717, 1.165) is 25.7 Å². The maximum absolute atomic E-state index is 12.5. The Kier molecular flexibility index (Phi) is 11.9. The average molecular weight is 405 g/mol. The smallest absolute Gasteiger partial charge is 0.308 e. The molecular formula is C24H36O5. The van der Waals surface area contributed by atoms with E-state index in [1.165, 1.54) is 52.4 Å². The van der Waals surface area contributed by atoms with Crippen LogP contribution in [0.5, 0.6) is 0 Å². The zero-order chi connectivity index (χ0) is 21.6. The van der Waals surface area contributed by atoms with Crippen LogP contribution in [0.3, 0.4) is 0 Å². The molecule has 0 aromatic carbocycles. The van der Waals surface area contributed by atoms with Crippen LogP contribution >= 0.6 is 0 Å². The fraction of sp³-hybridized carbons (Fsp3) is 0.625. The molecule has 162 valence electrons. The second kappa shape index (κ2) is 13.9. The highest BCUT2D eigenvalue weighted by Crippen LogP contribution is 2.27. The monoisotopic (exact) mass is 404 g/mol. The van der Waals surface area contributed by atoms with Crippen molar-refractivity contribution in [2.24, 2.45) is 0 Å². The largest absolute Gasteiger partial charge is 0.504 e. The SMILES string of the molecule is CCCCC=CCCCCCCCCCC1=C(O)C(=O)C(C)=C(OC(C)=O)C1=O. The Morgan fingerprint density at radius 3 is 2.03 bits per heavy atom. The van der Waals surface area contributed by atoms with Crippen LogP contribution < -0.4 is 0 Å². The van der Waals surface area contributed by atoms with Crippen LogP contribution in [-0.2, 0) is 19.1 Å². The molecule has 1 rings (SSSR count). The second-order valence-electron chi connectivity index (χ2n) is 7.66. The van der Waals surface area contributed by atoms with Crippen LogP contribution in [0.15, 0.2) is 34.8 Å². The van der Waals surface area contributed by atoms with Crippen molar-refractivity contribution in [3.05, 3.63) is 34.8 Å². The Bertz CT molecular complexity index is 667. The van der Waals surface area contributed by atoms with Gasteiger partial charge in [-0.2, -0.15) is 0 Å². The number of carbonyl (C=O) groups is 3. The summed E-state index contributed by atoms with van der Waals surface area (Å²) in [4.78, 5) is 35.7. The molecule has 1 aliphatic carbocycles. The van der Waals surface area contributed by atoms with Gasteiger partial charge in [-0.25, -0.2) is 0 Å². The zero-order valence-electron chi connectivity index (χ0n) is 18.2. The number of allylic oxidation sites excluding steroid dienone is 4. The van der Waals surface area contributed by atoms with Gasteiger partial charge in [-0.3, -0.25) is 14.4 Å². The number of aliphatic hydroxyl groups excluding tert-OH is 1. The Labute approximate surface area is 174 Å². The van der Waals surface area contributed by atoms with Gasteiger partial charge in [0.05, 0.1) is 0 Å². The number of aliphatic hydroxyl groups is 1. The van der Waals surface area contributed by atoms with Gasteiger partial charge in [-0.1, -0.05) is 64.0 Å². The molecule has 0 atom stereocenters. The molecule has 0 aromatic rings. The van der Waals surface area contributed by atoms with Crippen LogP contribution in [0, 0.1) is 0 Å². The van der Waals surface area contributed by atoms with Crippen molar-refractivity contribution in [3.63, 3.8) is 0 Å². The normalized spacial score (nSPS) is 15.0. The van der Waals surface area contributed by atoms with Crippen molar-refractivity contribution in [1.82, 2.24) is 0 Å². The van der Waals surface area contributed by atoms with Crippen molar-refractivity contribution in [2.45, 2.75) is 97.8 Å². The Balaban J connectivity index is 2.25. The van der Waals surface area contributed by atoms with Gasteiger partial charge in [0.2, 0.25) is 11.6 Å². The highest BCUT2D eigenvalue weighted by atomic mass is 16.5. The fourth-order valence-corrected chi connectivity index (χ4v) is 3.34. The standard InChI is InChI=1S/C24H36O5/c1-4-5-6-7-8-9-10-11-12-13-14-15-16-17-20-22(27)21(26)18(2)24(23(20)28)29-19(3)25/h7-8,27H,4-6,9-17H2,1-3H3. The maximum atomic E-state index is 12.5. The third-order valence-electron chi connectivity index (χ3n) is 5.10. The van der Waals surface area contributed by atoms with E-state index >= 15 is 0 Å². The lowest BCUT2D eigenvalue weighted by atomic mass is 9.90. The number of carbonyl (C=O) groups excluding carboxylic acids is 3. The zero-order valence-corrected chi connectivity index (χ0v) is 18.2. The molecule has 0 fully saturated rings. The molecule has 1 aliphatic rings. The third-order valence-corrected chi connectivity index (χ3v) is 5.10. The summed E-state index contributed by atoms with van der Waals surface area (Å²) in [5, 5.41) is 10.1. The third kappa shape index (κ3) is 8.80. The second-order valence-corrected chi connectivity index (χ2v) is 7.66. The molecule has 0 aliphatic heterocycles. The predicted molar refractivity (Wildman–Crippen MR) is 114 cm³/mol. The van der Waals surface area contributed by atoms with Gasteiger partial charge >= 0.3 is 5.97 Å². The summed E-state index contributed by atoms with van der Waals surface area (Å²) in [5.41, 5.74) is 0.0402. The number of ether oxygens (including phenoxy) is 1. The van der Waals surface area contributed by atoms with Crippen molar-refractivity contribution in [2.75, 3.05) is 0 Å². The van der Waals surface area contributed by atoms with E-state index in [-0.39, 0.29) is 16.9 Å². The van der Waals surface area contributed by atoms with Gasteiger partial charge in [0.1, 0.15) is 0 Å². The van der Waals surface area contributed by atoms with Crippen molar-refractivity contribution >= 4 is 17.5 Å². The molecular weight excluding hydrogens is 368 g/mol. The molecule has 1 N–H and O–H groups in total. The lowest BCUT2D eigenvalue weighted by Crippen LogP contribution is -2.25. The van der Waals surface area contributed by atoms with Gasteiger partial charge in [0.15, 0.2) is 11.5 Å². The maximum Gasteiger partial charge on any atom is 0.308 e. The van der Waals surface area contributed by atoms with E-state index in [2.05, 4.69) is 19.1 Å². The molecule has 5 heteroatoms. The first kappa shape index (κ1) is 24.9. The Morgan fingerprint density at radius 2 is 1.45 bits per heavy atom. The van der Waals surface area contributed by atoms with Crippen molar-refractivity contribution in [3.8, 4) is 0 Å². The number of hydrogen-bond acceptors (Lipinski definition) is 5. The van der Waals surface area contributed by atoms with E-state index in [4.69, 9.17) is 4.74 Å². The molecule has 0 heterocycles. The molecule has 0 unspecified atom stereocenters. The van der Waals surface area contributed by atoms with E-state index in [1.54, 1.807) is 0 Å². The number of hydrogen-bond donors (Lipinski definition) is 1. The van der Waals surface area contributed by atoms with E-state index < -0.39 is 23.3 Å². The van der Waals surface area contributed by atoms with Crippen LogP contribution in [0.4, 0.5) is 0 Å². The highest BCUT2D eigenvalue weighted by Gasteiger charge is 2.34. The molecule has 0 radical (unpaired) electrons. The molecule has 0 saturated heterocycles. The van der Waals surface area contributed by atoms with Crippen LogP contribution in [0.1, 0.15) is 97.8 Å². The summed E-state index contributed by atoms with van der Waals surface area (Å²) in [6, 6.07) is 0. The van der Waals surface area contributed by atoms with Crippen LogP contribution in [0.25, 0.3) is 0 Å². The summed E-state index contributed by atoms with van der Waals surface area (Å²) in [5.74, 6) is -2.60. The number of unbranched alkanes of at least 4 members (excludes halogenated alkanes) is 9. The number of rotatable bonds is 14. The minimum absolute atomic E-state index is 0.0216. The summed E-state index contributed by atoms with van der Waals surface area (Å²) >= 11 is 0. The minimum Gasteiger partial charge on any atom is -0.504 e. The molecule has 0 aromatic heterocycles. The van der Waals surface area contributed by atoms with Gasteiger partial charge in [0.25, 0.3) is 0 Å². The quantitative estimate of drug-likeness (QED) is 0.165. The van der Waals surface area contributed by atoms with Crippen molar-refractivity contribution < 1.29 is 24.2 Å². The molecule has 0 spiro atoms. The number of esters is 1. The van der Waals surface area contributed by atoms with Crippen LogP contribution in [0.2, 0.25) is 0 Å². The predicted octanol–water partition coefficient (Wildman–Crippen LogP) is 6.04. The lowest BCUT2D eigenvalue weighted by Gasteiger charge is -2.18. The molecule has 0 bridgehead atoms. The first-order valence-corrected chi connectivity index (χ1v) is 11.0. The van der Waals surface area contributed by atoms with Gasteiger partial charge in [0, 0.05) is 18.1 Å². The fourth-order valence-electron chi connectivity index (χ4n) is 3.34. The van der Waals surface area contributed by atoms with E-state index in [1.807, 2.05) is 0 Å². The highest BCUT2D eigenvalue weighted by molar-refractivity contribution is 6.23. The summed E-state index contributed by atoms with van der Waals surface area (Å²) < 4.78 is 4.90. The lowest BCUT2D eigenvalue weighted by molar-refractivity contribution is -0.140. The molecule has 29 heavy (non-hydrogen) atoms. The first-order chi connectivity index (χ1) is 13.9. The topological polar surface area (TPSA) is 80.7 Å². The van der Waals surface area contributed by atoms with E-state index in [0.29, 0.717) is 12.8 Å². The van der Waals surface area contributed by atoms with Gasteiger partial charge < -0.3 is 9.84 Å². The minimum atomic E-state index is -0.655. The Morgan fingerprint density at radius 1 is 0.897 bits per heavy atom. The Hall–Kier alpha value is -2.17. The van der Waals surface area contributed by atoms with Gasteiger partial charge in [-0.15, -0.1) is 0 Å².